The van der Waals surface area contributed by atoms with Crippen LogP contribution in [0.25, 0.3) is 0 Å². The van der Waals surface area contributed by atoms with Gasteiger partial charge < -0.3 is 10.1 Å². The number of ether oxygens (including phenoxy) is 1. The molecule has 0 aliphatic carbocycles. The number of halogens is 2. The van der Waals surface area contributed by atoms with Gasteiger partial charge in [0.1, 0.15) is 17.3 Å². The fraction of sp³-hybridized carbons (Fsp3) is 0. The van der Waals surface area contributed by atoms with Gasteiger partial charge >= 0.3 is 0 Å². The third-order valence-electron chi connectivity index (χ3n) is 3.52. The van der Waals surface area contributed by atoms with Crippen LogP contribution in [0.5, 0.6) is 11.5 Å². The minimum atomic E-state index is -0.581. The zero-order chi connectivity index (χ0) is 19.4. The Morgan fingerprint density at radius 3 is 2.30 bits per heavy atom. The number of nitro groups is 1. The van der Waals surface area contributed by atoms with Crippen molar-refractivity contribution in [1.29, 1.82) is 0 Å². The van der Waals surface area contributed by atoms with E-state index in [2.05, 4.69) is 21.2 Å². The summed E-state index contributed by atoms with van der Waals surface area (Å²) in [6.45, 7) is 0. The number of hydrogen-bond donors (Lipinski definition) is 1. The number of amides is 1. The van der Waals surface area contributed by atoms with Crippen LogP contribution < -0.4 is 10.1 Å². The fourth-order valence-electron chi connectivity index (χ4n) is 2.26. The Hall–Kier alpha value is -3.26. The molecule has 3 rings (SSSR count). The highest BCUT2D eigenvalue weighted by molar-refractivity contribution is 9.10. The zero-order valence-electron chi connectivity index (χ0n) is 13.7. The molecular formula is C19H12BrFN2O4. The van der Waals surface area contributed by atoms with Crippen LogP contribution in [0.2, 0.25) is 0 Å². The maximum absolute atomic E-state index is 13.0. The van der Waals surface area contributed by atoms with E-state index < -0.39 is 16.6 Å². The van der Waals surface area contributed by atoms with E-state index in [-0.39, 0.29) is 22.7 Å². The molecule has 0 saturated carbocycles. The highest BCUT2D eigenvalue weighted by atomic mass is 79.9. The standard InChI is InChI=1S/C19H12BrFN2O4/c20-13-3-7-17(8-4-13)27-18-10-15(9-16(11-18)23(25)26)22-19(24)12-1-5-14(21)6-2-12/h1-11H,(H,22,24). The first kappa shape index (κ1) is 18.5. The Morgan fingerprint density at radius 1 is 1.00 bits per heavy atom. The van der Waals surface area contributed by atoms with Gasteiger partial charge in [0.25, 0.3) is 11.6 Å². The Morgan fingerprint density at radius 2 is 1.67 bits per heavy atom. The highest BCUT2D eigenvalue weighted by Gasteiger charge is 2.14. The van der Waals surface area contributed by atoms with Crippen LogP contribution in [0.1, 0.15) is 10.4 Å². The van der Waals surface area contributed by atoms with E-state index in [0.29, 0.717) is 5.75 Å². The fourth-order valence-corrected chi connectivity index (χ4v) is 2.53. The smallest absolute Gasteiger partial charge is 0.275 e. The number of nitrogens with one attached hydrogen (secondary N) is 1. The quantitative estimate of drug-likeness (QED) is 0.425. The lowest BCUT2D eigenvalue weighted by Crippen LogP contribution is -2.12. The highest BCUT2D eigenvalue weighted by Crippen LogP contribution is 2.30. The number of benzene rings is 3. The SMILES string of the molecule is O=C(Nc1cc(Oc2ccc(Br)cc2)cc([N+](=O)[O-])c1)c1ccc(F)cc1. The molecule has 0 bridgehead atoms. The van der Waals surface area contributed by atoms with E-state index in [9.17, 15) is 19.3 Å². The minimum absolute atomic E-state index is 0.186. The van der Waals surface area contributed by atoms with Crippen molar-refractivity contribution in [2.45, 2.75) is 0 Å². The van der Waals surface area contributed by atoms with Gasteiger partial charge in [-0.25, -0.2) is 4.39 Å². The summed E-state index contributed by atoms with van der Waals surface area (Å²) in [5.74, 6) is -0.312. The first-order chi connectivity index (χ1) is 12.9. The van der Waals surface area contributed by atoms with Crippen LogP contribution in [0.3, 0.4) is 0 Å². The monoisotopic (exact) mass is 430 g/mol. The summed E-state index contributed by atoms with van der Waals surface area (Å²) < 4.78 is 19.5. The summed E-state index contributed by atoms with van der Waals surface area (Å²) in [6.07, 6.45) is 0. The summed E-state index contributed by atoms with van der Waals surface area (Å²) in [4.78, 5) is 22.9. The minimum Gasteiger partial charge on any atom is -0.457 e. The predicted molar refractivity (Wildman–Crippen MR) is 102 cm³/mol. The number of carbonyl (C=O) groups is 1. The van der Waals surface area contributed by atoms with Crippen molar-refractivity contribution in [3.63, 3.8) is 0 Å². The Labute approximate surface area is 161 Å². The molecule has 0 heterocycles. The van der Waals surface area contributed by atoms with Crippen LogP contribution in [-0.4, -0.2) is 10.8 Å². The van der Waals surface area contributed by atoms with Crippen LogP contribution in [0.15, 0.2) is 71.2 Å². The Bertz CT molecular complexity index is 992. The summed E-state index contributed by atoms with van der Waals surface area (Å²) in [5.41, 5.74) is 0.169. The summed E-state index contributed by atoms with van der Waals surface area (Å²) in [5, 5.41) is 13.7. The van der Waals surface area contributed by atoms with Crippen molar-refractivity contribution in [3.8, 4) is 11.5 Å². The van der Waals surface area contributed by atoms with Gasteiger partial charge in [0.05, 0.1) is 16.7 Å². The summed E-state index contributed by atoms with van der Waals surface area (Å²) in [6, 6.07) is 15.8. The molecule has 8 heteroatoms. The predicted octanol–water partition coefficient (Wildman–Crippen LogP) is 5.54. The number of rotatable bonds is 5. The molecule has 0 spiro atoms. The number of anilines is 1. The van der Waals surface area contributed by atoms with Gasteiger partial charge in [0.15, 0.2) is 0 Å². The van der Waals surface area contributed by atoms with Crippen molar-refractivity contribution < 1.29 is 18.8 Å². The van der Waals surface area contributed by atoms with E-state index in [1.807, 2.05) is 0 Å². The lowest BCUT2D eigenvalue weighted by molar-refractivity contribution is -0.384. The number of carbonyl (C=O) groups excluding carboxylic acids is 1. The molecule has 27 heavy (non-hydrogen) atoms. The molecule has 1 N–H and O–H groups in total. The lowest BCUT2D eigenvalue weighted by Gasteiger charge is -2.10. The van der Waals surface area contributed by atoms with E-state index in [1.54, 1.807) is 24.3 Å². The molecule has 0 atom stereocenters. The van der Waals surface area contributed by atoms with E-state index in [0.717, 1.165) is 16.6 Å². The van der Waals surface area contributed by atoms with Crippen LogP contribution in [0, 0.1) is 15.9 Å². The van der Waals surface area contributed by atoms with Gasteiger partial charge in [-0.2, -0.15) is 0 Å². The van der Waals surface area contributed by atoms with Crippen molar-refractivity contribution in [2.24, 2.45) is 0 Å². The van der Waals surface area contributed by atoms with Gasteiger partial charge in [0, 0.05) is 22.2 Å². The molecule has 0 unspecified atom stereocenters. The number of non-ortho nitro benzene ring substituents is 1. The van der Waals surface area contributed by atoms with Gasteiger partial charge in [0.2, 0.25) is 0 Å². The molecule has 0 fully saturated rings. The topological polar surface area (TPSA) is 81.5 Å². The summed E-state index contributed by atoms with van der Waals surface area (Å²) in [7, 11) is 0. The molecule has 0 aliphatic heterocycles. The first-order valence-corrected chi connectivity index (χ1v) is 8.50. The number of hydrogen-bond acceptors (Lipinski definition) is 4. The average Bonchev–Trinajstić information content (AvgIpc) is 2.64. The molecule has 136 valence electrons. The molecule has 1 amide bonds. The van der Waals surface area contributed by atoms with Crippen molar-refractivity contribution >= 4 is 33.2 Å². The Balaban J connectivity index is 1.86. The van der Waals surface area contributed by atoms with Crippen molar-refractivity contribution in [3.05, 3.63) is 92.7 Å². The second-order valence-electron chi connectivity index (χ2n) is 5.49. The van der Waals surface area contributed by atoms with Gasteiger partial charge in [-0.3, -0.25) is 14.9 Å². The van der Waals surface area contributed by atoms with Crippen molar-refractivity contribution in [2.75, 3.05) is 5.32 Å². The van der Waals surface area contributed by atoms with E-state index in [1.165, 1.54) is 30.3 Å². The average molecular weight is 431 g/mol. The zero-order valence-corrected chi connectivity index (χ0v) is 15.3. The molecule has 3 aromatic carbocycles. The maximum atomic E-state index is 13.0. The molecule has 3 aromatic rings. The van der Waals surface area contributed by atoms with Crippen LogP contribution >= 0.6 is 15.9 Å². The van der Waals surface area contributed by atoms with Gasteiger partial charge in [-0.15, -0.1) is 0 Å². The van der Waals surface area contributed by atoms with Gasteiger partial charge in [-0.05, 0) is 48.5 Å². The molecule has 6 nitrogen and oxygen atoms in total. The molecule has 0 saturated heterocycles. The van der Waals surface area contributed by atoms with Gasteiger partial charge in [-0.1, -0.05) is 15.9 Å². The maximum Gasteiger partial charge on any atom is 0.275 e. The summed E-state index contributed by atoms with van der Waals surface area (Å²) >= 11 is 3.31. The second-order valence-corrected chi connectivity index (χ2v) is 6.41. The molecule has 0 aromatic heterocycles. The normalized spacial score (nSPS) is 10.3. The van der Waals surface area contributed by atoms with Crippen molar-refractivity contribution in [1.82, 2.24) is 0 Å². The van der Waals surface area contributed by atoms with Crippen LogP contribution in [0.4, 0.5) is 15.8 Å². The van der Waals surface area contributed by atoms with E-state index in [4.69, 9.17) is 4.74 Å². The lowest BCUT2D eigenvalue weighted by atomic mass is 10.2. The van der Waals surface area contributed by atoms with E-state index >= 15 is 0 Å². The third-order valence-corrected chi connectivity index (χ3v) is 4.04. The largest absolute Gasteiger partial charge is 0.457 e. The Kier molecular flexibility index (Phi) is 5.46. The number of nitro benzene ring substituents is 1. The second kappa shape index (κ2) is 7.96. The number of nitrogens with zero attached hydrogens (tertiary/aromatic N) is 1. The molecular weight excluding hydrogens is 419 g/mol. The first-order valence-electron chi connectivity index (χ1n) is 7.70. The molecule has 0 aliphatic rings. The van der Waals surface area contributed by atoms with Crippen LogP contribution in [-0.2, 0) is 0 Å². The molecule has 0 radical (unpaired) electrons. The third kappa shape index (κ3) is 4.89.